The van der Waals surface area contributed by atoms with Crippen LogP contribution in [0.4, 0.5) is 0 Å². The van der Waals surface area contributed by atoms with Crippen molar-refractivity contribution in [3.8, 4) is 0 Å². The molecule has 0 bridgehead atoms. The number of guanidine groups is 1. The molecule has 0 aromatic carbocycles. The topological polar surface area (TPSA) is 69.9 Å². The molecule has 1 heterocycles. The van der Waals surface area contributed by atoms with Crippen molar-refractivity contribution < 1.29 is 9.21 Å². The van der Waals surface area contributed by atoms with Gasteiger partial charge in [-0.2, -0.15) is 0 Å². The van der Waals surface area contributed by atoms with E-state index in [2.05, 4.69) is 15.6 Å². The quantitative estimate of drug-likeness (QED) is 0.574. The number of hydrogen-bond acceptors (Lipinski definition) is 3. The summed E-state index contributed by atoms with van der Waals surface area (Å²) in [5, 5.41) is 6.30. The van der Waals surface area contributed by atoms with Crippen molar-refractivity contribution >= 4 is 11.9 Å². The van der Waals surface area contributed by atoms with Gasteiger partial charge in [-0.25, -0.2) is 0 Å². The Morgan fingerprint density at radius 1 is 1.40 bits per heavy atom. The average molecular weight is 280 g/mol. The summed E-state index contributed by atoms with van der Waals surface area (Å²) in [5.41, 5.74) is 0. The predicted octanol–water partition coefficient (Wildman–Crippen LogP) is 0.856. The third-order valence-corrected chi connectivity index (χ3v) is 2.68. The van der Waals surface area contributed by atoms with Crippen LogP contribution in [0.5, 0.6) is 0 Å². The van der Waals surface area contributed by atoms with Crippen LogP contribution in [0.3, 0.4) is 0 Å². The molecule has 2 N–H and O–H groups in total. The first-order valence-corrected chi connectivity index (χ1v) is 6.88. The number of nitrogens with one attached hydrogen (secondary N) is 2. The van der Waals surface area contributed by atoms with E-state index >= 15 is 0 Å². The highest BCUT2D eigenvalue weighted by Crippen LogP contribution is 2.00. The summed E-state index contributed by atoms with van der Waals surface area (Å²) in [6.07, 6.45) is 2.88. The van der Waals surface area contributed by atoms with E-state index in [1.165, 1.54) is 0 Å². The number of carbonyl (C=O) groups excluding carboxylic acids is 1. The zero-order valence-corrected chi connectivity index (χ0v) is 12.5. The minimum Gasteiger partial charge on any atom is -0.469 e. The highest BCUT2D eigenvalue weighted by Gasteiger charge is 2.04. The molecule has 1 rings (SSSR count). The van der Waals surface area contributed by atoms with E-state index in [1.807, 2.05) is 19.1 Å². The van der Waals surface area contributed by atoms with Crippen LogP contribution in [0.1, 0.15) is 19.1 Å². The lowest BCUT2D eigenvalue weighted by Gasteiger charge is -2.13. The lowest BCUT2D eigenvalue weighted by molar-refractivity contribution is -0.128. The molecular weight excluding hydrogens is 256 g/mol. The maximum atomic E-state index is 11.5. The lowest BCUT2D eigenvalue weighted by atomic mass is 10.3. The first-order chi connectivity index (χ1) is 9.63. The van der Waals surface area contributed by atoms with Crippen molar-refractivity contribution in [2.24, 2.45) is 4.99 Å². The number of carbonyl (C=O) groups is 1. The molecule has 0 aliphatic rings. The first kappa shape index (κ1) is 16.1. The van der Waals surface area contributed by atoms with E-state index in [-0.39, 0.29) is 5.91 Å². The Morgan fingerprint density at radius 3 is 2.80 bits per heavy atom. The van der Waals surface area contributed by atoms with E-state index in [1.54, 1.807) is 25.3 Å². The highest BCUT2D eigenvalue weighted by molar-refractivity contribution is 5.81. The Balaban J connectivity index is 2.33. The smallest absolute Gasteiger partial charge is 0.223 e. The Morgan fingerprint density at radius 2 is 2.20 bits per heavy atom. The minimum absolute atomic E-state index is 0.101. The molecule has 0 aliphatic carbocycles. The normalized spacial score (nSPS) is 11.2. The molecule has 1 aromatic heterocycles. The molecule has 1 amide bonds. The lowest BCUT2D eigenvalue weighted by Crippen LogP contribution is -2.39. The maximum Gasteiger partial charge on any atom is 0.223 e. The van der Waals surface area contributed by atoms with Crippen molar-refractivity contribution in [2.75, 3.05) is 33.7 Å². The third-order valence-electron chi connectivity index (χ3n) is 2.68. The summed E-state index contributed by atoms with van der Waals surface area (Å²) in [7, 11) is 3.51. The standard InChI is InChI=1S/C14H24N4O2/c1-4-15-14(17-10-8-13(19)18(2)3)16-9-7-12-6-5-11-20-12/h5-6,11H,4,7-10H2,1-3H3,(H2,15,16,17). The second kappa shape index (κ2) is 9.01. The molecule has 0 unspecified atom stereocenters. The summed E-state index contributed by atoms with van der Waals surface area (Å²) in [5.74, 6) is 1.75. The van der Waals surface area contributed by atoms with E-state index in [9.17, 15) is 4.79 Å². The summed E-state index contributed by atoms with van der Waals surface area (Å²) >= 11 is 0. The zero-order chi connectivity index (χ0) is 14.8. The van der Waals surface area contributed by atoms with E-state index in [0.717, 1.165) is 24.7 Å². The van der Waals surface area contributed by atoms with Gasteiger partial charge in [0.2, 0.25) is 5.91 Å². The van der Waals surface area contributed by atoms with Gasteiger partial charge in [0.1, 0.15) is 5.76 Å². The van der Waals surface area contributed by atoms with Gasteiger partial charge >= 0.3 is 0 Å². The molecule has 0 saturated heterocycles. The monoisotopic (exact) mass is 280 g/mol. The Bertz CT molecular complexity index is 413. The van der Waals surface area contributed by atoms with Crippen LogP contribution >= 0.6 is 0 Å². The Labute approximate surface area is 120 Å². The first-order valence-electron chi connectivity index (χ1n) is 6.88. The molecule has 6 nitrogen and oxygen atoms in total. The minimum atomic E-state index is 0.101. The van der Waals surface area contributed by atoms with E-state index in [4.69, 9.17) is 4.42 Å². The average Bonchev–Trinajstić information content (AvgIpc) is 2.91. The molecule has 0 fully saturated rings. The Hall–Kier alpha value is -1.98. The second-order valence-electron chi connectivity index (χ2n) is 4.55. The predicted molar refractivity (Wildman–Crippen MR) is 79.7 cm³/mol. The van der Waals surface area contributed by atoms with Gasteiger partial charge in [-0.05, 0) is 19.1 Å². The maximum absolute atomic E-state index is 11.5. The van der Waals surface area contributed by atoms with Gasteiger partial charge in [-0.3, -0.25) is 9.79 Å². The molecule has 0 atom stereocenters. The van der Waals surface area contributed by atoms with Gasteiger partial charge in [-0.1, -0.05) is 0 Å². The van der Waals surface area contributed by atoms with E-state index in [0.29, 0.717) is 19.5 Å². The van der Waals surface area contributed by atoms with Crippen LogP contribution in [0.15, 0.2) is 27.8 Å². The van der Waals surface area contributed by atoms with Crippen molar-refractivity contribution in [2.45, 2.75) is 19.8 Å². The highest BCUT2D eigenvalue weighted by atomic mass is 16.3. The van der Waals surface area contributed by atoms with Crippen LogP contribution < -0.4 is 10.6 Å². The molecule has 112 valence electrons. The fourth-order valence-electron chi connectivity index (χ4n) is 1.59. The van der Waals surface area contributed by atoms with E-state index < -0.39 is 0 Å². The Kier molecular flexibility index (Phi) is 7.24. The van der Waals surface area contributed by atoms with Gasteiger partial charge < -0.3 is 20.0 Å². The fourth-order valence-corrected chi connectivity index (χ4v) is 1.59. The molecule has 0 spiro atoms. The van der Waals surface area contributed by atoms with Crippen LogP contribution in [-0.2, 0) is 11.2 Å². The molecule has 20 heavy (non-hydrogen) atoms. The summed E-state index contributed by atoms with van der Waals surface area (Å²) in [6.45, 7) is 4.01. The van der Waals surface area contributed by atoms with Crippen molar-refractivity contribution in [1.29, 1.82) is 0 Å². The molecule has 0 saturated carbocycles. The van der Waals surface area contributed by atoms with Gasteiger partial charge in [0.25, 0.3) is 0 Å². The number of amides is 1. The molecular formula is C14H24N4O2. The second-order valence-corrected chi connectivity index (χ2v) is 4.55. The van der Waals surface area contributed by atoms with Gasteiger partial charge in [0.15, 0.2) is 5.96 Å². The van der Waals surface area contributed by atoms with Gasteiger partial charge in [0, 0.05) is 46.6 Å². The molecule has 1 aromatic rings. The fraction of sp³-hybridized carbons (Fsp3) is 0.571. The van der Waals surface area contributed by atoms with Crippen LogP contribution in [0, 0.1) is 0 Å². The molecule has 6 heteroatoms. The number of furan rings is 1. The zero-order valence-electron chi connectivity index (χ0n) is 12.5. The number of hydrogen-bond donors (Lipinski definition) is 2. The summed E-state index contributed by atoms with van der Waals surface area (Å²) in [4.78, 5) is 17.5. The van der Waals surface area contributed by atoms with Gasteiger partial charge in [0.05, 0.1) is 6.26 Å². The third kappa shape index (κ3) is 6.26. The van der Waals surface area contributed by atoms with Crippen molar-refractivity contribution in [3.63, 3.8) is 0 Å². The van der Waals surface area contributed by atoms with Crippen molar-refractivity contribution in [1.82, 2.24) is 15.5 Å². The molecule has 0 radical (unpaired) electrons. The summed E-state index contributed by atoms with van der Waals surface area (Å²) < 4.78 is 5.25. The van der Waals surface area contributed by atoms with Gasteiger partial charge in [-0.15, -0.1) is 0 Å². The van der Waals surface area contributed by atoms with Crippen LogP contribution in [0.25, 0.3) is 0 Å². The molecule has 0 aliphatic heterocycles. The SMILES string of the molecule is CCNC(=NCCc1ccco1)NCCC(=O)N(C)C. The van der Waals surface area contributed by atoms with Crippen molar-refractivity contribution in [3.05, 3.63) is 24.2 Å². The van der Waals surface area contributed by atoms with Crippen LogP contribution in [-0.4, -0.2) is 50.5 Å². The number of aliphatic imine (C=N–C) groups is 1. The largest absolute Gasteiger partial charge is 0.469 e. The van der Waals surface area contributed by atoms with Crippen LogP contribution in [0.2, 0.25) is 0 Å². The summed E-state index contributed by atoms with van der Waals surface area (Å²) in [6, 6.07) is 3.81. The number of rotatable bonds is 7. The number of nitrogens with zero attached hydrogens (tertiary/aromatic N) is 2.